The fourth-order valence-corrected chi connectivity index (χ4v) is 4.51. The highest BCUT2D eigenvalue weighted by Gasteiger charge is 2.37. The maximum Gasteiger partial charge on any atom is 0.266 e. The van der Waals surface area contributed by atoms with Gasteiger partial charge in [-0.2, -0.15) is 0 Å². The summed E-state index contributed by atoms with van der Waals surface area (Å²) in [4.78, 5) is 53.0. The molecule has 8 heteroatoms. The van der Waals surface area contributed by atoms with Gasteiger partial charge in [0.25, 0.3) is 17.7 Å². The van der Waals surface area contributed by atoms with Gasteiger partial charge in [-0.25, -0.2) is 4.90 Å². The second-order valence-corrected chi connectivity index (χ2v) is 8.57. The third kappa shape index (κ3) is 3.84. The molecule has 34 heavy (non-hydrogen) atoms. The standard InChI is InChI=1S/C26H20ClN3O4/c27-21-15-17(10-13-22(21)30-25(33)19-5-1-2-6-20(19)26(30)34)28-24(32)16-8-11-18(12-9-16)29-14-4-3-7-23(29)31/h1-2,5-6,8-13,15H,3-4,7,14H2,(H,28,32). The summed E-state index contributed by atoms with van der Waals surface area (Å²) in [7, 11) is 0. The van der Waals surface area contributed by atoms with Crippen LogP contribution in [0.25, 0.3) is 0 Å². The van der Waals surface area contributed by atoms with E-state index in [1.807, 2.05) is 0 Å². The highest BCUT2D eigenvalue weighted by molar-refractivity contribution is 6.40. The number of piperidine rings is 1. The van der Waals surface area contributed by atoms with E-state index in [-0.39, 0.29) is 22.5 Å². The van der Waals surface area contributed by atoms with Crippen LogP contribution in [0.3, 0.4) is 0 Å². The minimum absolute atomic E-state index is 0.0937. The first-order valence-electron chi connectivity index (χ1n) is 10.9. The highest BCUT2D eigenvalue weighted by atomic mass is 35.5. The van der Waals surface area contributed by atoms with Gasteiger partial charge in [0.1, 0.15) is 0 Å². The number of amides is 4. The van der Waals surface area contributed by atoms with Crippen LogP contribution in [0.4, 0.5) is 17.1 Å². The number of hydrogen-bond acceptors (Lipinski definition) is 4. The van der Waals surface area contributed by atoms with Crippen LogP contribution in [0.15, 0.2) is 66.7 Å². The minimum Gasteiger partial charge on any atom is -0.322 e. The Labute approximate surface area is 200 Å². The number of halogens is 1. The molecule has 170 valence electrons. The maximum absolute atomic E-state index is 12.7. The van der Waals surface area contributed by atoms with E-state index in [4.69, 9.17) is 11.6 Å². The molecule has 5 rings (SSSR count). The summed E-state index contributed by atoms with van der Waals surface area (Å²) in [5.41, 5.74) is 2.53. The van der Waals surface area contributed by atoms with E-state index in [1.165, 1.54) is 12.1 Å². The van der Waals surface area contributed by atoms with Gasteiger partial charge < -0.3 is 10.2 Å². The van der Waals surface area contributed by atoms with E-state index in [1.54, 1.807) is 59.5 Å². The summed E-state index contributed by atoms with van der Waals surface area (Å²) in [6, 6.07) is 18.1. The van der Waals surface area contributed by atoms with Crippen molar-refractivity contribution in [2.75, 3.05) is 21.7 Å². The molecule has 3 aromatic rings. The molecule has 1 N–H and O–H groups in total. The van der Waals surface area contributed by atoms with Crippen molar-refractivity contribution in [3.05, 3.63) is 88.4 Å². The number of fused-ring (bicyclic) bond motifs is 1. The van der Waals surface area contributed by atoms with Gasteiger partial charge in [-0.3, -0.25) is 19.2 Å². The van der Waals surface area contributed by atoms with Crippen molar-refractivity contribution < 1.29 is 19.2 Å². The number of carbonyl (C=O) groups is 4. The molecule has 2 heterocycles. The van der Waals surface area contributed by atoms with Crippen molar-refractivity contribution in [2.45, 2.75) is 19.3 Å². The van der Waals surface area contributed by atoms with Crippen molar-refractivity contribution >= 4 is 52.3 Å². The number of rotatable bonds is 4. The lowest BCUT2D eigenvalue weighted by Crippen LogP contribution is -2.35. The zero-order chi connectivity index (χ0) is 23.8. The lowest BCUT2D eigenvalue weighted by atomic mass is 10.1. The Balaban J connectivity index is 1.31. The third-order valence-corrected chi connectivity index (χ3v) is 6.31. The number of nitrogens with one attached hydrogen (secondary N) is 1. The van der Waals surface area contributed by atoms with Crippen LogP contribution >= 0.6 is 11.6 Å². The zero-order valence-electron chi connectivity index (χ0n) is 18.1. The zero-order valence-corrected chi connectivity index (χ0v) is 18.8. The molecule has 2 aliphatic heterocycles. The molecule has 1 fully saturated rings. The molecule has 4 amide bonds. The van der Waals surface area contributed by atoms with E-state index in [0.717, 1.165) is 23.4 Å². The van der Waals surface area contributed by atoms with Crippen LogP contribution in [0.2, 0.25) is 5.02 Å². The lowest BCUT2D eigenvalue weighted by Gasteiger charge is -2.26. The maximum atomic E-state index is 12.7. The summed E-state index contributed by atoms with van der Waals surface area (Å²) in [5.74, 6) is -1.13. The number of anilines is 3. The topological polar surface area (TPSA) is 86.8 Å². The Morgan fingerprint density at radius 3 is 2.15 bits per heavy atom. The molecule has 0 aromatic heterocycles. The first kappa shape index (κ1) is 21.9. The first-order chi connectivity index (χ1) is 16.4. The molecule has 0 radical (unpaired) electrons. The molecule has 0 saturated carbocycles. The van der Waals surface area contributed by atoms with E-state index < -0.39 is 11.8 Å². The first-order valence-corrected chi connectivity index (χ1v) is 11.3. The van der Waals surface area contributed by atoms with Gasteiger partial charge in [-0.1, -0.05) is 23.7 Å². The molecule has 1 saturated heterocycles. The van der Waals surface area contributed by atoms with Crippen LogP contribution in [0, 0.1) is 0 Å². The molecular weight excluding hydrogens is 454 g/mol. The SMILES string of the molecule is O=C(Nc1ccc(N2C(=O)c3ccccc3C2=O)c(Cl)c1)c1ccc(N2CCCCC2=O)cc1. The van der Waals surface area contributed by atoms with E-state index in [2.05, 4.69) is 5.32 Å². The van der Waals surface area contributed by atoms with Gasteiger partial charge in [0.2, 0.25) is 5.91 Å². The van der Waals surface area contributed by atoms with Crippen molar-refractivity contribution in [1.82, 2.24) is 0 Å². The molecule has 7 nitrogen and oxygen atoms in total. The monoisotopic (exact) mass is 473 g/mol. The lowest BCUT2D eigenvalue weighted by molar-refractivity contribution is -0.119. The quantitative estimate of drug-likeness (QED) is 0.545. The fourth-order valence-electron chi connectivity index (χ4n) is 4.25. The Bertz CT molecular complexity index is 1300. The van der Waals surface area contributed by atoms with Gasteiger partial charge in [0.05, 0.1) is 21.8 Å². The Hall–Kier alpha value is -3.97. The average molecular weight is 474 g/mol. The summed E-state index contributed by atoms with van der Waals surface area (Å²) in [6.45, 7) is 0.683. The number of hydrogen-bond donors (Lipinski definition) is 1. The average Bonchev–Trinajstić information content (AvgIpc) is 3.10. The van der Waals surface area contributed by atoms with Gasteiger partial charge in [0, 0.05) is 29.9 Å². The second-order valence-electron chi connectivity index (χ2n) is 8.16. The van der Waals surface area contributed by atoms with Gasteiger partial charge in [-0.05, 0) is 67.4 Å². The molecular formula is C26H20ClN3O4. The molecule has 3 aromatic carbocycles. The van der Waals surface area contributed by atoms with Crippen LogP contribution < -0.4 is 15.1 Å². The van der Waals surface area contributed by atoms with Crippen molar-refractivity contribution in [1.29, 1.82) is 0 Å². The van der Waals surface area contributed by atoms with Gasteiger partial charge in [-0.15, -0.1) is 0 Å². The van der Waals surface area contributed by atoms with Crippen molar-refractivity contribution in [3.8, 4) is 0 Å². The number of imide groups is 1. The van der Waals surface area contributed by atoms with E-state index >= 15 is 0 Å². The summed E-state index contributed by atoms with van der Waals surface area (Å²) >= 11 is 6.40. The van der Waals surface area contributed by atoms with Crippen LogP contribution in [0.5, 0.6) is 0 Å². The molecule has 0 aliphatic carbocycles. The van der Waals surface area contributed by atoms with Crippen molar-refractivity contribution in [2.24, 2.45) is 0 Å². The molecule has 0 atom stereocenters. The summed E-state index contributed by atoms with van der Waals surface area (Å²) < 4.78 is 0. The Kier molecular flexibility index (Phi) is 5.63. The summed E-state index contributed by atoms with van der Waals surface area (Å²) in [5, 5.41) is 2.93. The largest absolute Gasteiger partial charge is 0.322 e. The molecule has 0 bridgehead atoms. The van der Waals surface area contributed by atoms with Crippen LogP contribution in [-0.4, -0.2) is 30.2 Å². The third-order valence-electron chi connectivity index (χ3n) is 6.01. The highest BCUT2D eigenvalue weighted by Crippen LogP contribution is 2.35. The van der Waals surface area contributed by atoms with Gasteiger partial charge >= 0.3 is 0 Å². The van der Waals surface area contributed by atoms with Gasteiger partial charge in [0.15, 0.2) is 0 Å². The van der Waals surface area contributed by atoms with Crippen LogP contribution in [0.1, 0.15) is 50.3 Å². The molecule has 0 unspecified atom stereocenters. The van der Waals surface area contributed by atoms with E-state index in [0.29, 0.717) is 35.3 Å². The smallest absolute Gasteiger partial charge is 0.266 e. The predicted molar refractivity (Wildman–Crippen MR) is 130 cm³/mol. The normalized spacial score (nSPS) is 15.5. The Morgan fingerprint density at radius 1 is 0.853 bits per heavy atom. The fraction of sp³-hybridized carbons (Fsp3) is 0.154. The number of carbonyl (C=O) groups excluding carboxylic acids is 4. The molecule has 0 spiro atoms. The second kappa shape index (κ2) is 8.76. The van der Waals surface area contributed by atoms with Crippen LogP contribution in [-0.2, 0) is 4.79 Å². The minimum atomic E-state index is -0.438. The Morgan fingerprint density at radius 2 is 1.53 bits per heavy atom. The predicted octanol–water partition coefficient (Wildman–Crippen LogP) is 4.91. The number of benzene rings is 3. The number of nitrogens with zero attached hydrogens (tertiary/aromatic N) is 2. The van der Waals surface area contributed by atoms with E-state index in [9.17, 15) is 19.2 Å². The molecule has 2 aliphatic rings. The summed E-state index contributed by atoms with van der Waals surface area (Å²) in [6.07, 6.45) is 2.41. The van der Waals surface area contributed by atoms with Crippen molar-refractivity contribution in [3.63, 3.8) is 0 Å².